The standard InChI is InChI=1S/C39H55F3O2/c1-25(2)12-9-10-19-38(8,44)30-17-20-36(6)29(30)15-16-32-35(5)24-27(22-26-13-11-14-28(23-26)39(40,41)42)33(43)34(3,4)31(35)18-21-37(32,36)7/h9,11-14,22-23,25,29-32,44H,10,15-21,24H2,1-8H3/b12-9+,27-22-/t29-,30+,31+,32-,35+,36-,37-,38+/m1/s1. The van der Waals surface area contributed by atoms with Crippen molar-refractivity contribution < 1.29 is 23.1 Å². The fourth-order valence-corrected chi connectivity index (χ4v) is 11.4. The SMILES string of the molecule is CC(C)/C=C/CC[C@](C)(O)[C@H]1CC[C@]2(C)[C@@H]1CC[C@@H]1[C@@]3(C)C/C(=C/c4cccc(C(F)(F)F)c4)C(=O)C(C)(C)[C@@H]3CC[C@]12C. The maximum absolute atomic E-state index is 14.0. The predicted molar refractivity (Wildman–Crippen MR) is 173 cm³/mol. The first-order valence-electron chi connectivity index (χ1n) is 17.1. The lowest BCUT2D eigenvalue weighted by molar-refractivity contribution is -0.201. The van der Waals surface area contributed by atoms with Crippen LogP contribution in [0, 0.1) is 51.2 Å². The summed E-state index contributed by atoms with van der Waals surface area (Å²) < 4.78 is 40.5. The van der Waals surface area contributed by atoms with E-state index in [1.165, 1.54) is 12.1 Å². The second kappa shape index (κ2) is 11.1. The molecule has 4 fully saturated rings. The molecule has 0 radical (unpaired) electrons. The summed E-state index contributed by atoms with van der Waals surface area (Å²) in [4.78, 5) is 14.0. The number of halogens is 3. The van der Waals surface area contributed by atoms with Crippen LogP contribution < -0.4 is 0 Å². The molecule has 1 N–H and O–H groups in total. The summed E-state index contributed by atoms with van der Waals surface area (Å²) in [7, 11) is 0. The van der Waals surface area contributed by atoms with Crippen molar-refractivity contribution in [3.8, 4) is 0 Å². The van der Waals surface area contributed by atoms with Gasteiger partial charge in [0.1, 0.15) is 0 Å². The van der Waals surface area contributed by atoms with Crippen molar-refractivity contribution in [2.75, 3.05) is 0 Å². The molecular formula is C39H55F3O2. The van der Waals surface area contributed by atoms with Crippen molar-refractivity contribution in [2.24, 2.45) is 51.2 Å². The Morgan fingerprint density at radius 3 is 2.32 bits per heavy atom. The van der Waals surface area contributed by atoms with Gasteiger partial charge in [-0.15, -0.1) is 0 Å². The monoisotopic (exact) mass is 612 g/mol. The Labute approximate surface area is 264 Å². The maximum atomic E-state index is 14.0. The van der Waals surface area contributed by atoms with Crippen LogP contribution in [-0.2, 0) is 11.0 Å². The van der Waals surface area contributed by atoms with Gasteiger partial charge in [-0.1, -0.05) is 72.8 Å². The predicted octanol–water partition coefficient (Wildman–Crippen LogP) is 10.7. The van der Waals surface area contributed by atoms with Gasteiger partial charge in [0.2, 0.25) is 0 Å². The highest BCUT2D eigenvalue weighted by atomic mass is 19.4. The van der Waals surface area contributed by atoms with Gasteiger partial charge in [0.15, 0.2) is 5.78 Å². The Bertz CT molecular complexity index is 1320. The van der Waals surface area contributed by atoms with Gasteiger partial charge in [-0.2, -0.15) is 13.2 Å². The van der Waals surface area contributed by atoms with E-state index in [1.54, 1.807) is 12.1 Å². The molecule has 244 valence electrons. The van der Waals surface area contributed by atoms with Crippen LogP contribution in [0.4, 0.5) is 13.2 Å². The van der Waals surface area contributed by atoms with Gasteiger partial charge in [0.05, 0.1) is 11.2 Å². The first-order valence-corrected chi connectivity index (χ1v) is 17.1. The van der Waals surface area contributed by atoms with E-state index in [0.717, 1.165) is 57.4 Å². The minimum absolute atomic E-state index is 0.0708. The van der Waals surface area contributed by atoms with E-state index in [2.05, 4.69) is 67.5 Å². The Morgan fingerprint density at radius 2 is 1.66 bits per heavy atom. The second-order valence-corrected chi connectivity index (χ2v) is 16.9. The third-order valence-corrected chi connectivity index (χ3v) is 13.7. The molecule has 4 aliphatic carbocycles. The minimum atomic E-state index is -4.42. The molecule has 0 bridgehead atoms. The highest BCUT2D eigenvalue weighted by molar-refractivity contribution is 6.04. The molecule has 0 saturated heterocycles. The number of carbonyl (C=O) groups excluding carboxylic acids is 1. The van der Waals surface area contributed by atoms with E-state index < -0.39 is 22.8 Å². The van der Waals surface area contributed by atoms with Crippen LogP contribution in [0.1, 0.15) is 124 Å². The minimum Gasteiger partial charge on any atom is -0.390 e. The third kappa shape index (κ3) is 5.35. The van der Waals surface area contributed by atoms with Gasteiger partial charge in [0.25, 0.3) is 0 Å². The molecule has 0 amide bonds. The van der Waals surface area contributed by atoms with Gasteiger partial charge in [0, 0.05) is 5.41 Å². The molecule has 5 rings (SSSR count). The molecule has 0 aromatic heterocycles. The summed E-state index contributed by atoms with van der Waals surface area (Å²) in [5.41, 5.74) is -0.805. The molecule has 1 aromatic rings. The van der Waals surface area contributed by atoms with Gasteiger partial charge in [-0.3, -0.25) is 4.79 Å². The average Bonchev–Trinajstić information content (AvgIpc) is 3.28. The summed E-state index contributed by atoms with van der Waals surface area (Å²) in [5, 5.41) is 11.8. The van der Waals surface area contributed by atoms with E-state index >= 15 is 0 Å². The number of rotatable bonds is 6. The smallest absolute Gasteiger partial charge is 0.390 e. The van der Waals surface area contributed by atoms with Crippen LogP contribution in [0.3, 0.4) is 0 Å². The van der Waals surface area contributed by atoms with Crippen molar-refractivity contribution in [3.05, 3.63) is 53.1 Å². The molecule has 0 heterocycles. The number of Topliss-reactive ketones (excluding diaryl/α,β-unsaturated/α-hetero) is 1. The number of benzene rings is 1. The lowest BCUT2D eigenvalue weighted by atomic mass is 9.35. The maximum Gasteiger partial charge on any atom is 0.416 e. The number of fused-ring (bicyclic) bond motifs is 5. The number of allylic oxidation sites excluding steroid dienone is 3. The number of carbonyl (C=O) groups is 1. The molecule has 2 nitrogen and oxygen atoms in total. The van der Waals surface area contributed by atoms with Crippen molar-refractivity contribution in [1.82, 2.24) is 0 Å². The molecule has 0 aliphatic heterocycles. The fraction of sp³-hybridized carbons (Fsp3) is 0.718. The van der Waals surface area contributed by atoms with E-state index in [-0.39, 0.29) is 33.9 Å². The lowest BCUT2D eigenvalue weighted by Crippen LogP contribution is -2.64. The molecule has 5 heteroatoms. The van der Waals surface area contributed by atoms with Crippen molar-refractivity contribution in [1.29, 1.82) is 0 Å². The fourth-order valence-electron chi connectivity index (χ4n) is 11.4. The van der Waals surface area contributed by atoms with Crippen LogP contribution in [-0.4, -0.2) is 16.5 Å². The van der Waals surface area contributed by atoms with Gasteiger partial charge < -0.3 is 5.11 Å². The first-order chi connectivity index (χ1) is 20.3. The largest absolute Gasteiger partial charge is 0.416 e. The van der Waals surface area contributed by atoms with E-state index in [9.17, 15) is 23.1 Å². The van der Waals surface area contributed by atoms with Crippen LogP contribution in [0.15, 0.2) is 42.0 Å². The number of ketones is 1. The molecule has 44 heavy (non-hydrogen) atoms. The van der Waals surface area contributed by atoms with Gasteiger partial charge in [-0.05, 0) is 140 Å². The molecular weight excluding hydrogens is 557 g/mol. The van der Waals surface area contributed by atoms with Crippen LogP contribution in [0.5, 0.6) is 0 Å². The number of hydrogen-bond acceptors (Lipinski definition) is 2. The first kappa shape index (κ1) is 33.5. The molecule has 4 aliphatic rings. The number of hydrogen-bond donors (Lipinski definition) is 1. The van der Waals surface area contributed by atoms with Crippen molar-refractivity contribution in [3.63, 3.8) is 0 Å². The molecule has 8 atom stereocenters. The number of aliphatic hydroxyl groups is 1. The highest BCUT2D eigenvalue weighted by Crippen LogP contribution is 2.75. The zero-order valence-corrected chi connectivity index (χ0v) is 28.3. The zero-order valence-electron chi connectivity index (χ0n) is 28.3. The normalized spacial score (nSPS) is 39.3. The Kier molecular flexibility index (Phi) is 8.47. The second-order valence-electron chi connectivity index (χ2n) is 16.9. The van der Waals surface area contributed by atoms with Crippen molar-refractivity contribution >= 4 is 11.9 Å². The van der Waals surface area contributed by atoms with Crippen LogP contribution in [0.25, 0.3) is 6.08 Å². The molecule has 0 unspecified atom stereocenters. The van der Waals surface area contributed by atoms with E-state index in [0.29, 0.717) is 35.3 Å². The summed E-state index contributed by atoms with van der Waals surface area (Å²) in [6.07, 6.45) is 10.5. The average molecular weight is 613 g/mol. The molecule has 0 spiro atoms. The molecule has 4 saturated carbocycles. The van der Waals surface area contributed by atoms with Gasteiger partial charge in [-0.25, -0.2) is 0 Å². The Balaban J connectivity index is 1.46. The van der Waals surface area contributed by atoms with Crippen LogP contribution in [0.2, 0.25) is 0 Å². The Morgan fingerprint density at radius 1 is 0.977 bits per heavy atom. The van der Waals surface area contributed by atoms with Crippen molar-refractivity contribution in [2.45, 2.75) is 125 Å². The summed E-state index contributed by atoms with van der Waals surface area (Å²) >= 11 is 0. The quantitative estimate of drug-likeness (QED) is 0.256. The summed E-state index contributed by atoms with van der Waals surface area (Å²) in [5.74, 6) is 1.99. The van der Waals surface area contributed by atoms with E-state index in [1.807, 2.05) is 0 Å². The topological polar surface area (TPSA) is 37.3 Å². The highest BCUT2D eigenvalue weighted by Gasteiger charge is 2.69. The summed E-state index contributed by atoms with van der Waals surface area (Å²) in [6, 6.07) is 5.37. The van der Waals surface area contributed by atoms with Gasteiger partial charge >= 0.3 is 6.18 Å². The van der Waals surface area contributed by atoms with E-state index in [4.69, 9.17) is 0 Å². The zero-order chi connectivity index (χ0) is 32.5. The van der Waals surface area contributed by atoms with Crippen LogP contribution >= 0.6 is 0 Å². The summed E-state index contributed by atoms with van der Waals surface area (Å²) in [6.45, 7) is 18.0. The lowest BCUT2D eigenvalue weighted by Gasteiger charge is -2.69. The Hall–Kier alpha value is -1.88. The number of alkyl halides is 3. The third-order valence-electron chi connectivity index (χ3n) is 13.7. The molecule has 1 aromatic carbocycles.